The standard InChI is InChI=1S/C3H8O2.C2H4O2.CH4N4/c1-3(5)2-4;1-2(3)4;2-4-1-5-3/h3-5H,2H2,1H3;1H3,(H,3,4);1-2H,3H2. The van der Waals surface area contributed by atoms with E-state index >= 15 is 0 Å². The van der Waals surface area contributed by atoms with Gasteiger partial charge >= 0.3 is 0 Å². The zero-order valence-corrected chi connectivity index (χ0v) is 8.08. The lowest BCUT2D eigenvalue weighted by Crippen LogP contribution is -2.03. The molecule has 0 saturated heterocycles. The Balaban J connectivity index is -0.000000131. The molecule has 0 aliphatic carbocycles. The number of carboxylic acid groups (broad SMARTS) is 1. The van der Waals surface area contributed by atoms with Gasteiger partial charge in [0.05, 0.1) is 12.7 Å². The summed E-state index contributed by atoms with van der Waals surface area (Å²) in [4.78, 5) is 9.00. The summed E-state index contributed by atoms with van der Waals surface area (Å²) in [6.45, 7) is 2.47. The first-order valence-corrected chi connectivity index (χ1v) is 3.49. The molecule has 0 aromatic heterocycles. The normalized spacial score (nSPS) is 10.3. The van der Waals surface area contributed by atoms with E-state index in [4.69, 9.17) is 25.6 Å². The van der Waals surface area contributed by atoms with Crippen molar-refractivity contribution in [3.8, 4) is 0 Å². The molecule has 84 valence electrons. The first-order chi connectivity index (χ1) is 6.42. The highest BCUT2D eigenvalue weighted by Gasteiger charge is 1.83. The molecule has 0 aromatic carbocycles. The summed E-state index contributed by atoms with van der Waals surface area (Å²) in [5.74, 6) is 3.66. The number of aliphatic hydroxyl groups is 2. The van der Waals surface area contributed by atoms with E-state index in [1.807, 2.05) is 0 Å². The second kappa shape index (κ2) is 17.5. The Morgan fingerprint density at radius 1 is 1.71 bits per heavy atom. The van der Waals surface area contributed by atoms with E-state index in [-0.39, 0.29) is 6.61 Å². The molecule has 0 saturated carbocycles. The molecule has 8 nitrogen and oxygen atoms in total. The van der Waals surface area contributed by atoms with Gasteiger partial charge in [-0.3, -0.25) is 4.79 Å². The highest BCUT2D eigenvalue weighted by Crippen LogP contribution is 1.68. The molecule has 14 heavy (non-hydrogen) atoms. The van der Waals surface area contributed by atoms with Crippen molar-refractivity contribution < 1.29 is 20.1 Å². The van der Waals surface area contributed by atoms with Gasteiger partial charge < -0.3 is 21.2 Å². The number of rotatable bonds is 2. The van der Waals surface area contributed by atoms with Crippen molar-refractivity contribution in [2.75, 3.05) is 6.61 Å². The monoisotopic (exact) mass is 208 g/mol. The molecule has 0 aliphatic heterocycles. The van der Waals surface area contributed by atoms with Gasteiger partial charge in [-0.1, -0.05) is 0 Å². The second-order valence-corrected chi connectivity index (χ2v) is 1.94. The zero-order valence-electron chi connectivity index (χ0n) is 8.08. The van der Waals surface area contributed by atoms with E-state index in [2.05, 4.69) is 16.1 Å². The number of hydrogen-bond acceptors (Lipinski definition) is 6. The van der Waals surface area contributed by atoms with Crippen LogP contribution in [0.3, 0.4) is 0 Å². The summed E-state index contributed by atoms with van der Waals surface area (Å²) < 4.78 is 0. The number of carboxylic acids is 1. The molecule has 0 radical (unpaired) electrons. The minimum atomic E-state index is -0.833. The number of hydrazone groups is 1. The molecule has 0 aliphatic rings. The number of aliphatic hydroxyl groups excluding tert-OH is 2. The maximum absolute atomic E-state index is 9.00. The van der Waals surface area contributed by atoms with E-state index in [1.54, 1.807) is 0 Å². The van der Waals surface area contributed by atoms with Crippen LogP contribution in [0.15, 0.2) is 10.2 Å². The number of hydrogen-bond donors (Lipinski definition) is 5. The summed E-state index contributed by atoms with van der Waals surface area (Å²) in [6, 6.07) is 0. The highest BCUT2D eigenvalue weighted by molar-refractivity contribution is 5.62. The third-order valence-corrected chi connectivity index (χ3v) is 0.389. The smallest absolute Gasteiger partial charge is 0.300 e. The van der Waals surface area contributed by atoms with Gasteiger partial charge in [0.25, 0.3) is 5.97 Å². The lowest BCUT2D eigenvalue weighted by atomic mass is 10.5. The molecule has 8 heteroatoms. The Hall–Kier alpha value is -1.54. The minimum absolute atomic E-state index is 0.139. The third kappa shape index (κ3) is 155. The van der Waals surface area contributed by atoms with Crippen LogP contribution in [0.2, 0.25) is 0 Å². The molecule has 1 atom stereocenters. The van der Waals surface area contributed by atoms with Gasteiger partial charge in [-0.2, -0.15) is 5.10 Å². The van der Waals surface area contributed by atoms with Crippen LogP contribution in [0, 0.1) is 5.53 Å². The van der Waals surface area contributed by atoms with Crippen molar-refractivity contribution in [3.05, 3.63) is 0 Å². The van der Waals surface area contributed by atoms with Gasteiger partial charge in [0, 0.05) is 6.92 Å². The van der Waals surface area contributed by atoms with Crippen LogP contribution in [0.4, 0.5) is 0 Å². The van der Waals surface area contributed by atoms with E-state index in [0.29, 0.717) is 0 Å². The molecule has 6 N–H and O–H groups in total. The summed E-state index contributed by atoms with van der Waals surface area (Å²) in [5.41, 5.74) is 6.00. The van der Waals surface area contributed by atoms with E-state index in [9.17, 15) is 0 Å². The van der Waals surface area contributed by atoms with Crippen LogP contribution >= 0.6 is 0 Å². The van der Waals surface area contributed by atoms with Crippen molar-refractivity contribution in [2.24, 2.45) is 16.1 Å². The fourth-order valence-corrected chi connectivity index (χ4v) is 0.0333. The summed E-state index contributed by atoms with van der Waals surface area (Å²) >= 11 is 0. The lowest BCUT2D eigenvalue weighted by Gasteiger charge is -1.90. The zero-order chi connectivity index (χ0) is 12.0. The average molecular weight is 208 g/mol. The van der Waals surface area contributed by atoms with Gasteiger partial charge in [-0.05, 0) is 6.92 Å². The van der Waals surface area contributed by atoms with E-state index < -0.39 is 12.1 Å². The number of nitrogens with two attached hydrogens (primary N) is 1. The first kappa shape index (κ1) is 18.3. The van der Waals surface area contributed by atoms with Crippen LogP contribution in [0.1, 0.15) is 13.8 Å². The quantitative estimate of drug-likeness (QED) is 0.134. The predicted octanol–water partition coefficient (Wildman–Crippen LogP) is -0.630. The number of carbonyl (C=O) groups is 1. The van der Waals surface area contributed by atoms with Crippen molar-refractivity contribution in [1.29, 1.82) is 5.53 Å². The average Bonchev–Trinajstić information content (AvgIpc) is 2.06. The van der Waals surface area contributed by atoms with Crippen LogP contribution in [-0.4, -0.2) is 40.3 Å². The second-order valence-electron chi connectivity index (χ2n) is 1.94. The maximum Gasteiger partial charge on any atom is 0.300 e. The minimum Gasteiger partial charge on any atom is -0.481 e. The fourth-order valence-electron chi connectivity index (χ4n) is 0.0333. The van der Waals surface area contributed by atoms with Gasteiger partial charge in [0.2, 0.25) is 0 Å². The molecule has 0 fully saturated rings. The third-order valence-electron chi connectivity index (χ3n) is 0.389. The molecule has 1 unspecified atom stereocenters. The molecule has 0 rings (SSSR count). The van der Waals surface area contributed by atoms with Gasteiger partial charge in [0.15, 0.2) is 6.34 Å². The SMILES string of the molecule is CC(=O)O.CC(O)CO.N=NC=NN. The predicted molar refractivity (Wildman–Crippen MR) is 49.9 cm³/mol. The number of nitrogens with zero attached hydrogens (tertiary/aromatic N) is 2. The van der Waals surface area contributed by atoms with Crippen LogP contribution in [0.5, 0.6) is 0 Å². The Morgan fingerprint density at radius 2 is 2.00 bits per heavy atom. The Bertz CT molecular complexity index is 156. The summed E-state index contributed by atoms with van der Waals surface area (Å²) in [6.07, 6.45) is 0.384. The van der Waals surface area contributed by atoms with Crippen molar-refractivity contribution >= 4 is 12.3 Å². The molecule has 0 aromatic rings. The van der Waals surface area contributed by atoms with Gasteiger partial charge in [0.1, 0.15) is 0 Å². The Kier molecular flexibility index (Phi) is 22.9. The molecule has 0 spiro atoms. The van der Waals surface area contributed by atoms with Gasteiger partial charge in [-0.15, -0.1) is 5.11 Å². The van der Waals surface area contributed by atoms with E-state index in [0.717, 1.165) is 13.3 Å². The molecule has 0 bridgehead atoms. The van der Waals surface area contributed by atoms with Crippen molar-refractivity contribution in [2.45, 2.75) is 20.0 Å². The lowest BCUT2D eigenvalue weighted by molar-refractivity contribution is -0.134. The number of nitrogens with one attached hydrogen (secondary N) is 1. The van der Waals surface area contributed by atoms with Crippen LogP contribution in [-0.2, 0) is 4.79 Å². The molecule has 0 heterocycles. The van der Waals surface area contributed by atoms with Crippen LogP contribution in [0.25, 0.3) is 0 Å². The Labute approximate surface area is 81.6 Å². The largest absolute Gasteiger partial charge is 0.481 e. The van der Waals surface area contributed by atoms with Crippen molar-refractivity contribution in [3.63, 3.8) is 0 Å². The number of aliphatic carboxylic acids is 1. The summed E-state index contributed by atoms with van der Waals surface area (Å²) in [5, 5.41) is 29.0. The maximum atomic E-state index is 9.00. The first-order valence-electron chi connectivity index (χ1n) is 3.49. The molecule has 0 amide bonds. The van der Waals surface area contributed by atoms with E-state index in [1.165, 1.54) is 6.92 Å². The molecular formula is C6H16N4O4. The fraction of sp³-hybridized carbons (Fsp3) is 0.667. The summed E-state index contributed by atoms with van der Waals surface area (Å²) in [7, 11) is 0. The van der Waals surface area contributed by atoms with Gasteiger partial charge in [-0.25, -0.2) is 5.53 Å². The molecular weight excluding hydrogens is 192 g/mol. The topological polar surface area (TPSA) is 152 Å². The Morgan fingerprint density at radius 3 is 2.00 bits per heavy atom. The van der Waals surface area contributed by atoms with Crippen molar-refractivity contribution in [1.82, 2.24) is 0 Å². The van der Waals surface area contributed by atoms with Crippen LogP contribution < -0.4 is 5.84 Å². The highest BCUT2D eigenvalue weighted by atomic mass is 16.4.